The van der Waals surface area contributed by atoms with E-state index < -0.39 is 0 Å². The van der Waals surface area contributed by atoms with Crippen molar-refractivity contribution in [1.29, 1.82) is 0 Å². The third-order valence-electron chi connectivity index (χ3n) is 4.65. The number of anilines is 3. The Labute approximate surface area is 157 Å². The van der Waals surface area contributed by atoms with Crippen LogP contribution in [0.15, 0.2) is 36.5 Å². The molecule has 5 nitrogen and oxygen atoms in total. The number of aromatic nitrogens is 1. The van der Waals surface area contributed by atoms with Gasteiger partial charge in [0, 0.05) is 49.4 Å². The lowest BCUT2D eigenvalue weighted by Gasteiger charge is -2.22. The van der Waals surface area contributed by atoms with E-state index in [0.717, 1.165) is 24.5 Å². The van der Waals surface area contributed by atoms with Gasteiger partial charge in [-0.15, -0.1) is 0 Å². The zero-order valence-corrected chi connectivity index (χ0v) is 16.5. The number of nitrogens with zero attached hydrogens (tertiary/aromatic N) is 3. The molecule has 26 heavy (non-hydrogen) atoms. The Morgan fingerprint density at radius 1 is 1.00 bits per heavy atom. The number of hydrogen-bond donors (Lipinski definition) is 1. The van der Waals surface area contributed by atoms with E-state index in [1.165, 1.54) is 11.3 Å². The zero-order valence-electron chi connectivity index (χ0n) is 16.5. The summed E-state index contributed by atoms with van der Waals surface area (Å²) in [6, 6.07) is 10.1. The Bertz CT molecular complexity index is 737. The highest BCUT2D eigenvalue weighted by Gasteiger charge is 2.14. The summed E-state index contributed by atoms with van der Waals surface area (Å²) in [5.74, 6) is -0.0350. The number of benzene rings is 1. The van der Waals surface area contributed by atoms with Gasteiger partial charge in [0.15, 0.2) is 0 Å². The number of carbonyl (C=O) groups is 1. The molecule has 0 aliphatic rings. The SMILES string of the molecule is CCN(CC)C(=O)c1cc(Nc2ccc(N(CC)CC)cc2C)ccn1. The third-order valence-corrected chi connectivity index (χ3v) is 4.65. The van der Waals surface area contributed by atoms with Gasteiger partial charge in [-0.25, -0.2) is 0 Å². The van der Waals surface area contributed by atoms with Gasteiger partial charge in [-0.3, -0.25) is 9.78 Å². The molecule has 0 saturated heterocycles. The topological polar surface area (TPSA) is 48.5 Å². The molecular formula is C21H30N4O. The molecule has 0 radical (unpaired) electrons. The molecule has 0 saturated carbocycles. The maximum absolute atomic E-state index is 12.5. The molecule has 1 heterocycles. The summed E-state index contributed by atoms with van der Waals surface area (Å²) in [6.07, 6.45) is 1.68. The van der Waals surface area contributed by atoms with Gasteiger partial charge in [-0.1, -0.05) is 0 Å². The first-order valence-electron chi connectivity index (χ1n) is 9.41. The molecular weight excluding hydrogens is 324 g/mol. The number of amides is 1. The fraction of sp³-hybridized carbons (Fsp3) is 0.429. The normalized spacial score (nSPS) is 10.5. The van der Waals surface area contributed by atoms with Crippen LogP contribution < -0.4 is 10.2 Å². The fourth-order valence-corrected chi connectivity index (χ4v) is 3.03. The van der Waals surface area contributed by atoms with Crippen molar-refractivity contribution in [3.63, 3.8) is 0 Å². The lowest BCUT2D eigenvalue weighted by Crippen LogP contribution is -2.31. The average molecular weight is 354 g/mol. The Balaban J connectivity index is 2.21. The number of pyridine rings is 1. The Morgan fingerprint density at radius 2 is 1.69 bits per heavy atom. The summed E-state index contributed by atoms with van der Waals surface area (Å²) in [7, 11) is 0. The van der Waals surface area contributed by atoms with Gasteiger partial charge in [-0.05, 0) is 70.5 Å². The van der Waals surface area contributed by atoms with Gasteiger partial charge >= 0.3 is 0 Å². The highest BCUT2D eigenvalue weighted by Crippen LogP contribution is 2.25. The van der Waals surface area contributed by atoms with Crippen molar-refractivity contribution in [2.45, 2.75) is 34.6 Å². The third kappa shape index (κ3) is 4.54. The van der Waals surface area contributed by atoms with Crippen LogP contribution in [0.5, 0.6) is 0 Å². The van der Waals surface area contributed by atoms with E-state index in [0.29, 0.717) is 18.8 Å². The van der Waals surface area contributed by atoms with Crippen LogP contribution in [0.1, 0.15) is 43.7 Å². The van der Waals surface area contributed by atoms with Gasteiger partial charge in [-0.2, -0.15) is 0 Å². The molecule has 1 aromatic heterocycles. The molecule has 2 rings (SSSR count). The number of nitrogens with one attached hydrogen (secondary N) is 1. The molecule has 0 unspecified atom stereocenters. The van der Waals surface area contributed by atoms with Crippen molar-refractivity contribution in [3.8, 4) is 0 Å². The lowest BCUT2D eigenvalue weighted by molar-refractivity contribution is 0.0767. The summed E-state index contributed by atoms with van der Waals surface area (Å²) in [6.45, 7) is 13.7. The fourth-order valence-electron chi connectivity index (χ4n) is 3.03. The largest absolute Gasteiger partial charge is 0.372 e. The second kappa shape index (κ2) is 9.22. The maximum atomic E-state index is 12.5. The molecule has 1 amide bonds. The van der Waals surface area contributed by atoms with Crippen LogP contribution in [-0.4, -0.2) is 42.0 Å². The highest BCUT2D eigenvalue weighted by molar-refractivity contribution is 5.93. The van der Waals surface area contributed by atoms with Crippen molar-refractivity contribution >= 4 is 23.0 Å². The van der Waals surface area contributed by atoms with Gasteiger partial charge < -0.3 is 15.1 Å². The Kier molecular flexibility index (Phi) is 7.01. The predicted octanol–water partition coefficient (Wildman–Crippen LogP) is 4.46. The Morgan fingerprint density at radius 3 is 2.27 bits per heavy atom. The predicted molar refractivity (Wildman–Crippen MR) is 110 cm³/mol. The van der Waals surface area contributed by atoms with Crippen molar-refractivity contribution in [2.75, 3.05) is 36.4 Å². The van der Waals surface area contributed by atoms with Gasteiger partial charge in [0.05, 0.1) is 0 Å². The van der Waals surface area contributed by atoms with Crippen LogP contribution >= 0.6 is 0 Å². The van der Waals surface area contributed by atoms with Crippen LogP contribution in [0.4, 0.5) is 17.1 Å². The van der Waals surface area contributed by atoms with E-state index in [4.69, 9.17) is 0 Å². The summed E-state index contributed by atoms with van der Waals surface area (Å²) in [5, 5.41) is 3.42. The second-order valence-electron chi connectivity index (χ2n) is 6.20. The molecule has 0 spiro atoms. The molecule has 140 valence electrons. The molecule has 0 atom stereocenters. The van der Waals surface area contributed by atoms with Crippen LogP contribution in [0.3, 0.4) is 0 Å². The van der Waals surface area contributed by atoms with Crippen molar-refractivity contribution in [2.24, 2.45) is 0 Å². The molecule has 0 fully saturated rings. The smallest absolute Gasteiger partial charge is 0.272 e. The number of aryl methyl sites for hydroxylation is 1. The van der Waals surface area contributed by atoms with Gasteiger partial charge in [0.2, 0.25) is 0 Å². The second-order valence-corrected chi connectivity index (χ2v) is 6.20. The lowest BCUT2D eigenvalue weighted by atomic mass is 10.1. The van der Waals surface area contributed by atoms with Crippen molar-refractivity contribution in [1.82, 2.24) is 9.88 Å². The van der Waals surface area contributed by atoms with Crippen molar-refractivity contribution in [3.05, 3.63) is 47.8 Å². The number of carbonyl (C=O) groups excluding carboxylic acids is 1. The summed E-state index contributed by atoms with van der Waals surface area (Å²) in [5.41, 5.74) is 4.77. The standard InChI is InChI=1S/C21H30N4O/c1-6-24(7-2)18-10-11-19(16(5)14-18)23-17-12-13-22-20(15-17)21(26)25(8-3)9-4/h10-15H,6-9H2,1-5H3,(H,22,23). The van der Waals surface area contributed by atoms with Gasteiger partial charge in [0.1, 0.15) is 5.69 Å². The quantitative estimate of drug-likeness (QED) is 0.760. The summed E-state index contributed by atoms with van der Waals surface area (Å²) >= 11 is 0. The molecule has 0 aliphatic carbocycles. The molecule has 5 heteroatoms. The molecule has 0 aliphatic heterocycles. The van der Waals surface area contributed by atoms with Crippen LogP contribution in [-0.2, 0) is 0 Å². The maximum Gasteiger partial charge on any atom is 0.272 e. The molecule has 1 aromatic carbocycles. The van der Waals surface area contributed by atoms with Gasteiger partial charge in [0.25, 0.3) is 5.91 Å². The van der Waals surface area contributed by atoms with E-state index in [2.05, 4.69) is 54.2 Å². The minimum atomic E-state index is -0.0350. The Hall–Kier alpha value is -2.56. The van der Waals surface area contributed by atoms with E-state index in [1.54, 1.807) is 11.1 Å². The minimum absolute atomic E-state index is 0.0350. The van der Waals surface area contributed by atoms with E-state index in [1.807, 2.05) is 26.0 Å². The zero-order chi connectivity index (χ0) is 19.1. The van der Waals surface area contributed by atoms with Crippen LogP contribution in [0.25, 0.3) is 0 Å². The van der Waals surface area contributed by atoms with E-state index in [-0.39, 0.29) is 5.91 Å². The number of rotatable bonds is 8. The molecule has 0 bridgehead atoms. The van der Waals surface area contributed by atoms with E-state index >= 15 is 0 Å². The summed E-state index contributed by atoms with van der Waals surface area (Å²) < 4.78 is 0. The first-order valence-corrected chi connectivity index (χ1v) is 9.41. The first kappa shape index (κ1) is 19.8. The first-order chi connectivity index (χ1) is 12.5. The van der Waals surface area contributed by atoms with Crippen LogP contribution in [0.2, 0.25) is 0 Å². The molecule has 1 N–H and O–H groups in total. The number of hydrogen-bond acceptors (Lipinski definition) is 4. The van der Waals surface area contributed by atoms with E-state index in [9.17, 15) is 4.79 Å². The average Bonchev–Trinajstić information content (AvgIpc) is 2.66. The van der Waals surface area contributed by atoms with Crippen molar-refractivity contribution < 1.29 is 4.79 Å². The monoisotopic (exact) mass is 354 g/mol. The van der Waals surface area contributed by atoms with Crippen LogP contribution in [0, 0.1) is 6.92 Å². The minimum Gasteiger partial charge on any atom is -0.372 e. The molecule has 2 aromatic rings. The summed E-state index contributed by atoms with van der Waals surface area (Å²) in [4.78, 5) is 20.8. The highest BCUT2D eigenvalue weighted by atomic mass is 16.2.